The van der Waals surface area contributed by atoms with Crippen molar-refractivity contribution in [2.45, 2.75) is 53.4 Å². The van der Waals surface area contributed by atoms with Crippen molar-refractivity contribution in [2.75, 3.05) is 0 Å². The van der Waals surface area contributed by atoms with Crippen molar-refractivity contribution in [3.8, 4) is 0 Å². The first-order chi connectivity index (χ1) is 10.8. The van der Waals surface area contributed by atoms with Gasteiger partial charge in [0.1, 0.15) is 0 Å². The van der Waals surface area contributed by atoms with E-state index in [1.807, 2.05) is 0 Å². The highest BCUT2D eigenvalue weighted by Gasteiger charge is 2.17. The number of rotatable bonds is 2. The van der Waals surface area contributed by atoms with E-state index in [4.69, 9.17) is 0 Å². The van der Waals surface area contributed by atoms with E-state index in [1.54, 1.807) is 0 Å². The van der Waals surface area contributed by atoms with Gasteiger partial charge in [0.15, 0.2) is 0 Å². The molecule has 0 fully saturated rings. The molecular formula is C23H28. The molecule has 0 spiro atoms. The van der Waals surface area contributed by atoms with Crippen LogP contribution in [0.5, 0.6) is 0 Å². The highest BCUT2D eigenvalue weighted by Crippen LogP contribution is 2.33. The summed E-state index contributed by atoms with van der Waals surface area (Å²) in [4.78, 5) is 0. The van der Waals surface area contributed by atoms with Gasteiger partial charge >= 0.3 is 0 Å². The van der Waals surface area contributed by atoms with Crippen LogP contribution in [0.25, 0.3) is 27.6 Å². The fourth-order valence-corrected chi connectivity index (χ4v) is 3.55. The quantitative estimate of drug-likeness (QED) is 0.544. The van der Waals surface area contributed by atoms with E-state index >= 15 is 0 Å². The molecule has 3 rings (SSSR count). The Balaban J connectivity index is 2.44. The maximum Gasteiger partial charge on any atom is -0.00300 e. The van der Waals surface area contributed by atoms with Gasteiger partial charge in [-0.1, -0.05) is 77.1 Å². The van der Waals surface area contributed by atoms with Gasteiger partial charge in [-0.2, -0.15) is 0 Å². The second kappa shape index (κ2) is 5.67. The van der Waals surface area contributed by atoms with Gasteiger partial charge in [0.2, 0.25) is 0 Å². The standard InChI is InChI=1S/C23H28/c1-7-16-8-9-18-13-20(23(4,5)6)14-19-11-10-17(12-15(2)3)21(16)22(18)19/h7-11,13-15H,12H2,1-6H3/b16-7-. The molecule has 0 nitrogen and oxygen atoms in total. The molecule has 120 valence electrons. The Morgan fingerprint density at radius 1 is 0.913 bits per heavy atom. The summed E-state index contributed by atoms with van der Waals surface area (Å²) >= 11 is 0. The molecule has 0 unspecified atom stereocenters. The molecule has 0 aromatic heterocycles. The lowest BCUT2D eigenvalue weighted by Crippen LogP contribution is -2.12. The Labute approximate surface area is 140 Å². The lowest BCUT2D eigenvalue weighted by Gasteiger charge is -2.22. The minimum atomic E-state index is 0.177. The molecule has 0 amide bonds. The molecule has 3 aromatic rings. The number of hydrogen-bond donors (Lipinski definition) is 0. The minimum absolute atomic E-state index is 0.177. The smallest absolute Gasteiger partial charge is 0.00300 e. The van der Waals surface area contributed by atoms with Gasteiger partial charge in [-0.25, -0.2) is 0 Å². The van der Waals surface area contributed by atoms with Gasteiger partial charge in [-0.3, -0.25) is 0 Å². The monoisotopic (exact) mass is 304 g/mol. The summed E-state index contributed by atoms with van der Waals surface area (Å²) < 4.78 is 0. The van der Waals surface area contributed by atoms with Crippen LogP contribution in [0.3, 0.4) is 0 Å². The van der Waals surface area contributed by atoms with Crippen molar-refractivity contribution in [3.05, 3.63) is 52.7 Å². The molecule has 0 aliphatic rings. The lowest BCUT2D eigenvalue weighted by atomic mass is 9.83. The second-order valence-electron chi connectivity index (χ2n) is 8.19. The third kappa shape index (κ3) is 2.87. The zero-order chi connectivity index (χ0) is 16.8. The second-order valence-corrected chi connectivity index (χ2v) is 8.19. The van der Waals surface area contributed by atoms with Crippen LogP contribution in [0.4, 0.5) is 0 Å². The van der Waals surface area contributed by atoms with Crippen LogP contribution in [-0.4, -0.2) is 0 Å². The molecule has 0 atom stereocenters. The van der Waals surface area contributed by atoms with Crippen LogP contribution in [0.1, 0.15) is 52.7 Å². The van der Waals surface area contributed by atoms with E-state index in [2.05, 4.69) is 84.0 Å². The fraction of sp³-hybridized carbons (Fsp3) is 0.391. The van der Waals surface area contributed by atoms with Gasteiger partial charge in [-0.15, -0.1) is 0 Å². The summed E-state index contributed by atoms with van der Waals surface area (Å²) in [5, 5.41) is 7.00. The minimum Gasteiger partial charge on any atom is -0.0798 e. The van der Waals surface area contributed by atoms with Gasteiger partial charge in [0.25, 0.3) is 0 Å². The van der Waals surface area contributed by atoms with Crippen LogP contribution in [0.15, 0.2) is 36.4 Å². The zero-order valence-corrected chi connectivity index (χ0v) is 15.3. The summed E-state index contributed by atoms with van der Waals surface area (Å²) in [6.07, 6.45) is 3.38. The predicted molar refractivity (Wildman–Crippen MR) is 104 cm³/mol. The third-order valence-electron chi connectivity index (χ3n) is 4.77. The van der Waals surface area contributed by atoms with E-state index in [0.29, 0.717) is 5.92 Å². The molecule has 0 heteroatoms. The van der Waals surface area contributed by atoms with E-state index < -0.39 is 0 Å². The van der Waals surface area contributed by atoms with Crippen molar-refractivity contribution in [1.82, 2.24) is 0 Å². The van der Waals surface area contributed by atoms with Gasteiger partial charge in [0.05, 0.1) is 0 Å². The molecule has 0 bridgehead atoms. The van der Waals surface area contributed by atoms with Gasteiger partial charge in [0, 0.05) is 0 Å². The first-order valence-electron chi connectivity index (χ1n) is 8.76. The molecule has 0 saturated heterocycles. The maximum atomic E-state index is 2.38. The van der Waals surface area contributed by atoms with E-state index in [0.717, 1.165) is 6.42 Å². The molecule has 0 saturated carbocycles. The van der Waals surface area contributed by atoms with Crippen LogP contribution in [0.2, 0.25) is 0 Å². The van der Waals surface area contributed by atoms with Crippen molar-refractivity contribution < 1.29 is 0 Å². The molecule has 0 heterocycles. The molecule has 0 aliphatic heterocycles. The zero-order valence-electron chi connectivity index (χ0n) is 15.3. The Morgan fingerprint density at radius 3 is 2.04 bits per heavy atom. The van der Waals surface area contributed by atoms with E-state index in [9.17, 15) is 0 Å². The SMILES string of the molecule is C/C=c1/ccc2cc(C(C)(C)C)cc3ccc(CC(C)C)c1c32. The Kier molecular flexibility index (Phi) is 3.96. The van der Waals surface area contributed by atoms with E-state index in [1.165, 1.54) is 37.9 Å². The average Bonchev–Trinajstić information content (AvgIpc) is 2.48. The van der Waals surface area contributed by atoms with Crippen LogP contribution in [0, 0.1) is 5.92 Å². The third-order valence-corrected chi connectivity index (χ3v) is 4.77. The van der Waals surface area contributed by atoms with Crippen LogP contribution >= 0.6 is 0 Å². The lowest BCUT2D eigenvalue weighted by molar-refractivity contribution is 0.591. The van der Waals surface area contributed by atoms with Gasteiger partial charge < -0.3 is 0 Å². The molecule has 0 radical (unpaired) electrons. The first kappa shape index (κ1) is 16.1. The van der Waals surface area contributed by atoms with Crippen LogP contribution in [-0.2, 0) is 11.8 Å². The summed E-state index contributed by atoms with van der Waals surface area (Å²) in [5.74, 6) is 0.671. The summed E-state index contributed by atoms with van der Waals surface area (Å²) in [6.45, 7) is 13.6. The van der Waals surface area contributed by atoms with Crippen LogP contribution < -0.4 is 5.22 Å². The van der Waals surface area contributed by atoms with Gasteiger partial charge in [-0.05, 0) is 62.6 Å². The molecule has 23 heavy (non-hydrogen) atoms. The Bertz CT molecular complexity index is 886. The summed E-state index contributed by atoms with van der Waals surface area (Å²) in [5.41, 5.74) is 3.07. The Morgan fingerprint density at radius 2 is 1.52 bits per heavy atom. The highest BCUT2D eigenvalue weighted by molar-refractivity contribution is 6.12. The van der Waals surface area contributed by atoms with Crippen molar-refractivity contribution in [1.29, 1.82) is 0 Å². The van der Waals surface area contributed by atoms with Crippen molar-refractivity contribution in [2.24, 2.45) is 5.92 Å². The molecule has 3 aromatic carbocycles. The summed E-state index contributed by atoms with van der Waals surface area (Å²) in [7, 11) is 0. The van der Waals surface area contributed by atoms with Crippen molar-refractivity contribution >= 4 is 27.6 Å². The fourth-order valence-electron chi connectivity index (χ4n) is 3.55. The number of benzene rings is 3. The number of hydrogen-bond acceptors (Lipinski definition) is 0. The van der Waals surface area contributed by atoms with Crippen molar-refractivity contribution in [3.63, 3.8) is 0 Å². The molecular weight excluding hydrogens is 276 g/mol. The predicted octanol–water partition coefficient (Wildman–Crippen LogP) is 6.01. The average molecular weight is 304 g/mol. The first-order valence-corrected chi connectivity index (χ1v) is 8.76. The Hall–Kier alpha value is -1.82. The largest absolute Gasteiger partial charge is 0.0798 e. The topological polar surface area (TPSA) is 0 Å². The normalized spacial score (nSPS) is 13.6. The molecule has 0 aliphatic carbocycles. The maximum absolute atomic E-state index is 2.38. The van der Waals surface area contributed by atoms with E-state index in [-0.39, 0.29) is 5.41 Å². The summed E-state index contributed by atoms with van der Waals surface area (Å²) in [6, 6.07) is 14.0. The highest BCUT2D eigenvalue weighted by atomic mass is 14.2. The molecule has 0 N–H and O–H groups in total.